The van der Waals surface area contributed by atoms with Gasteiger partial charge in [-0.3, -0.25) is 4.79 Å². The van der Waals surface area contributed by atoms with Crippen molar-refractivity contribution < 1.29 is 14.3 Å². The molecule has 4 aromatic rings. The van der Waals surface area contributed by atoms with Crippen LogP contribution < -0.4 is 9.47 Å². The van der Waals surface area contributed by atoms with Crippen LogP contribution in [0.1, 0.15) is 49.9 Å². The number of hydrogen-bond donors (Lipinski definition) is 0. The largest absolute Gasteiger partial charge is 0.493 e. The third-order valence-corrected chi connectivity index (χ3v) is 6.10. The minimum absolute atomic E-state index is 0.0829. The van der Waals surface area contributed by atoms with Gasteiger partial charge in [-0.2, -0.15) is 0 Å². The van der Waals surface area contributed by atoms with Gasteiger partial charge in [-0.1, -0.05) is 81.8 Å². The highest BCUT2D eigenvalue weighted by Crippen LogP contribution is 2.45. The summed E-state index contributed by atoms with van der Waals surface area (Å²) in [6.45, 7) is 9.27. The number of hydrogen-bond acceptors (Lipinski definition) is 3. The molecule has 0 bridgehead atoms. The molecule has 0 amide bonds. The van der Waals surface area contributed by atoms with Crippen molar-refractivity contribution in [2.24, 2.45) is 0 Å². The summed E-state index contributed by atoms with van der Waals surface area (Å²) in [6, 6.07) is 22.4. The first-order valence-electron chi connectivity index (χ1n) is 12.2. The average Bonchev–Trinajstić information content (AvgIpc) is 2.88. The Kier molecular flexibility index (Phi) is 7.64. The highest BCUT2D eigenvalue weighted by Gasteiger charge is 2.19. The first kappa shape index (κ1) is 23.6. The summed E-state index contributed by atoms with van der Waals surface area (Å²) < 4.78 is 12.7. The molecule has 4 rings (SSSR count). The number of unbranched alkanes of at least 4 members (excludes halogenated alkanes) is 2. The van der Waals surface area contributed by atoms with Crippen LogP contribution in [0.5, 0.6) is 11.5 Å². The molecule has 0 aliphatic heterocycles. The summed E-state index contributed by atoms with van der Waals surface area (Å²) >= 11 is 0. The van der Waals surface area contributed by atoms with Crippen LogP contribution in [0.25, 0.3) is 32.7 Å². The average molecular weight is 453 g/mol. The van der Waals surface area contributed by atoms with Gasteiger partial charge in [0.2, 0.25) is 0 Å². The molecule has 0 heterocycles. The number of ether oxygens (including phenoxy) is 2. The molecule has 3 nitrogen and oxygen atoms in total. The topological polar surface area (TPSA) is 35.5 Å². The molecule has 0 saturated carbocycles. The molecule has 0 aromatic heterocycles. The van der Waals surface area contributed by atoms with E-state index in [1.54, 1.807) is 0 Å². The van der Waals surface area contributed by atoms with Gasteiger partial charge < -0.3 is 9.47 Å². The summed E-state index contributed by atoms with van der Waals surface area (Å²) in [5, 5.41) is 4.29. The molecule has 174 valence electrons. The molecule has 0 N–H and O–H groups in total. The molecule has 0 fully saturated rings. The number of benzene rings is 4. The van der Waals surface area contributed by atoms with Crippen LogP contribution in [0.2, 0.25) is 0 Å². The fourth-order valence-electron chi connectivity index (χ4n) is 4.24. The number of ketones is 1. The van der Waals surface area contributed by atoms with E-state index in [9.17, 15) is 4.79 Å². The van der Waals surface area contributed by atoms with Crippen molar-refractivity contribution in [3.8, 4) is 22.6 Å². The van der Waals surface area contributed by atoms with Crippen molar-refractivity contribution in [2.75, 3.05) is 13.2 Å². The Morgan fingerprint density at radius 1 is 0.765 bits per heavy atom. The third-order valence-electron chi connectivity index (χ3n) is 6.10. The molecule has 0 spiro atoms. The van der Waals surface area contributed by atoms with Crippen molar-refractivity contribution in [3.05, 3.63) is 84.9 Å². The van der Waals surface area contributed by atoms with E-state index in [0.717, 1.165) is 69.9 Å². The van der Waals surface area contributed by atoms with Gasteiger partial charge in [-0.25, -0.2) is 0 Å². The van der Waals surface area contributed by atoms with Crippen LogP contribution in [0.3, 0.4) is 0 Å². The molecule has 0 aliphatic rings. The van der Waals surface area contributed by atoms with E-state index in [1.165, 1.54) is 6.08 Å². The first-order chi connectivity index (χ1) is 16.7. The lowest BCUT2D eigenvalue weighted by molar-refractivity contribution is 0.104. The van der Waals surface area contributed by atoms with Gasteiger partial charge in [-0.05, 0) is 58.7 Å². The summed E-state index contributed by atoms with van der Waals surface area (Å²) in [7, 11) is 0. The van der Waals surface area contributed by atoms with Crippen LogP contribution in [0, 0.1) is 0 Å². The molecule has 3 heteroatoms. The van der Waals surface area contributed by atoms with Gasteiger partial charge >= 0.3 is 0 Å². The number of rotatable bonds is 11. The summed E-state index contributed by atoms with van der Waals surface area (Å²) in [6.07, 6.45) is 5.47. The second-order valence-electron chi connectivity index (χ2n) is 8.51. The van der Waals surface area contributed by atoms with Crippen LogP contribution >= 0.6 is 0 Å². The zero-order valence-corrected chi connectivity index (χ0v) is 20.1. The van der Waals surface area contributed by atoms with E-state index >= 15 is 0 Å². The van der Waals surface area contributed by atoms with Gasteiger partial charge in [0.1, 0.15) is 11.5 Å². The lowest BCUT2D eigenvalue weighted by Crippen LogP contribution is -2.02. The predicted molar refractivity (Wildman–Crippen MR) is 142 cm³/mol. The number of allylic oxidation sites excluding steroid dienone is 1. The fourth-order valence-corrected chi connectivity index (χ4v) is 4.24. The number of carbonyl (C=O) groups excluding carboxylic acids is 1. The smallest absolute Gasteiger partial charge is 0.185 e. The molecule has 34 heavy (non-hydrogen) atoms. The van der Waals surface area contributed by atoms with Crippen molar-refractivity contribution in [2.45, 2.75) is 39.5 Å². The summed E-state index contributed by atoms with van der Waals surface area (Å²) in [5.41, 5.74) is 2.68. The highest BCUT2D eigenvalue weighted by atomic mass is 16.5. The van der Waals surface area contributed by atoms with Crippen LogP contribution in [-0.4, -0.2) is 19.0 Å². The van der Waals surface area contributed by atoms with Gasteiger partial charge in [0.25, 0.3) is 0 Å². The zero-order chi connectivity index (χ0) is 23.9. The van der Waals surface area contributed by atoms with Crippen molar-refractivity contribution >= 4 is 27.3 Å². The zero-order valence-electron chi connectivity index (χ0n) is 20.1. The minimum Gasteiger partial charge on any atom is -0.493 e. The number of fused-ring (bicyclic) bond motifs is 2. The predicted octanol–water partition coefficient (Wildman–Crippen LogP) is 8.39. The van der Waals surface area contributed by atoms with E-state index in [4.69, 9.17) is 9.47 Å². The molecule has 0 radical (unpaired) electrons. The second-order valence-corrected chi connectivity index (χ2v) is 8.51. The monoisotopic (exact) mass is 452 g/mol. The maximum Gasteiger partial charge on any atom is 0.185 e. The van der Waals surface area contributed by atoms with Gasteiger partial charge in [0.05, 0.1) is 13.2 Å². The van der Waals surface area contributed by atoms with E-state index in [2.05, 4.69) is 56.8 Å². The molecule has 0 unspecified atom stereocenters. The van der Waals surface area contributed by atoms with Gasteiger partial charge in [0.15, 0.2) is 5.78 Å². The van der Waals surface area contributed by atoms with Crippen LogP contribution in [0.15, 0.2) is 79.4 Å². The fraction of sp³-hybridized carbons (Fsp3) is 0.258. The Balaban J connectivity index is 2.00. The number of carbonyl (C=O) groups is 1. The standard InChI is InChI=1S/C31H32O3/c1-4-7-19-33-28-17-14-22-11-9-10-12-25(22)30(28)31-26-16-13-24(27(32)6-3)21-23(26)15-18-29(31)34-20-8-5-2/h6,9-18,21H,3-5,7-8,19-20H2,1-2H3. The normalized spacial score (nSPS) is 11.0. The highest BCUT2D eigenvalue weighted by molar-refractivity contribution is 6.12. The van der Waals surface area contributed by atoms with Crippen LogP contribution in [0.4, 0.5) is 0 Å². The Bertz CT molecular complexity index is 1320. The lowest BCUT2D eigenvalue weighted by atomic mass is 9.91. The first-order valence-corrected chi connectivity index (χ1v) is 12.2. The SMILES string of the molecule is C=CC(=O)c1ccc2c(-c3c(OCCCC)ccc4ccccc34)c(OCCCC)ccc2c1. The molecule has 0 saturated heterocycles. The maximum atomic E-state index is 12.3. The molecule has 0 atom stereocenters. The van der Waals surface area contributed by atoms with E-state index in [-0.39, 0.29) is 5.78 Å². The Morgan fingerprint density at radius 2 is 1.35 bits per heavy atom. The second kappa shape index (κ2) is 11.0. The Hall–Kier alpha value is -3.59. The summed E-state index contributed by atoms with van der Waals surface area (Å²) in [5.74, 6) is 1.60. The van der Waals surface area contributed by atoms with Gasteiger partial charge in [0, 0.05) is 16.7 Å². The minimum atomic E-state index is -0.0829. The van der Waals surface area contributed by atoms with E-state index in [1.807, 2.05) is 30.3 Å². The maximum absolute atomic E-state index is 12.3. The van der Waals surface area contributed by atoms with Crippen molar-refractivity contribution in [1.29, 1.82) is 0 Å². The molecule has 0 aliphatic carbocycles. The van der Waals surface area contributed by atoms with E-state index < -0.39 is 0 Å². The van der Waals surface area contributed by atoms with Crippen molar-refractivity contribution in [1.82, 2.24) is 0 Å². The van der Waals surface area contributed by atoms with E-state index in [0.29, 0.717) is 18.8 Å². The molecular formula is C31H32O3. The lowest BCUT2D eigenvalue weighted by Gasteiger charge is -2.20. The Morgan fingerprint density at radius 3 is 1.97 bits per heavy atom. The van der Waals surface area contributed by atoms with Crippen LogP contribution in [-0.2, 0) is 0 Å². The quantitative estimate of drug-likeness (QED) is 0.130. The Labute approximate surface area is 202 Å². The van der Waals surface area contributed by atoms with Crippen molar-refractivity contribution in [3.63, 3.8) is 0 Å². The third kappa shape index (κ3) is 4.84. The molecular weight excluding hydrogens is 420 g/mol. The van der Waals surface area contributed by atoms with Gasteiger partial charge in [-0.15, -0.1) is 0 Å². The molecule has 4 aromatic carbocycles. The summed E-state index contributed by atoms with van der Waals surface area (Å²) in [4.78, 5) is 12.3.